The van der Waals surface area contributed by atoms with Gasteiger partial charge in [0.1, 0.15) is 6.10 Å². The third-order valence-electron chi connectivity index (χ3n) is 2.61. The predicted octanol–water partition coefficient (Wildman–Crippen LogP) is 1.18. The number of benzene rings is 1. The summed E-state index contributed by atoms with van der Waals surface area (Å²) >= 11 is 0. The number of aliphatic hydroxyl groups is 2. The van der Waals surface area contributed by atoms with Crippen LogP contribution in [-0.2, 0) is 15.7 Å². The van der Waals surface area contributed by atoms with Gasteiger partial charge in [-0.3, -0.25) is 10.1 Å². The van der Waals surface area contributed by atoms with Crippen molar-refractivity contribution in [3.8, 4) is 0 Å². The number of esters is 1. The van der Waals surface area contributed by atoms with Crippen LogP contribution in [0.4, 0.5) is 18.9 Å². The van der Waals surface area contributed by atoms with Gasteiger partial charge in [0.15, 0.2) is 6.10 Å². The van der Waals surface area contributed by atoms with Gasteiger partial charge in [0.25, 0.3) is 5.69 Å². The van der Waals surface area contributed by atoms with E-state index in [-0.39, 0.29) is 6.07 Å². The highest BCUT2D eigenvalue weighted by Crippen LogP contribution is 2.35. The molecule has 1 rings (SSSR count). The summed E-state index contributed by atoms with van der Waals surface area (Å²) < 4.78 is 41.6. The third-order valence-corrected chi connectivity index (χ3v) is 2.61. The van der Waals surface area contributed by atoms with Crippen LogP contribution in [0, 0.1) is 10.1 Å². The first-order chi connectivity index (χ1) is 9.59. The third kappa shape index (κ3) is 3.67. The van der Waals surface area contributed by atoms with E-state index in [1.807, 2.05) is 0 Å². The number of hydrogen-bond acceptors (Lipinski definition) is 6. The zero-order valence-electron chi connectivity index (χ0n) is 10.5. The number of nitro benzene ring substituents is 1. The lowest BCUT2D eigenvalue weighted by Crippen LogP contribution is -2.29. The van der Waals surface area contributed by atoms with E-state index in [1.165, 1.54) is 0 Å². The van der Waals surface area contributed by atoms with Crippen LogP contribution in [0.3, 0.4) is 0 Å². The molecule has 1 aromatic rings. The lowest BCUT2D eigenvalue weighted by molar-refractivity contribution is -0.386. The van der Waals surface area contributed by atoms with E-state index in [0.717, 1.165) is 7.11 Å². The van der Waals surface area contributed by atoms with Gasteiger partial charge in [-0.1, -0.05) is 0 Å². The Kier molecular flexibility index (Phi) is 4.86. The van der Waals surface area contributed by atoms with Crippen LogP contribution in [0.25, 0.3) is 0 Å². The number of hydrogen-bond donors (Lipinski definition) is 2. The molecule has 7 nitrogen and oxygen atoms in total. The smallest absolute Gasteiger partial charge is 0.416 e. The number of carbonyl (C=O) groups excluding carboxylic acids is 1. The van der Waals surface area contributed by atoms with Gasteiger partial charge < -0.3 is 14.9 Å². The maximum atomic E-state index is 12.5. The molecule has 0 aliphatic heterocycles. The Morgan fingerprint density at radius 3 is 2.38 bits per heavy atom. The fraction of sp³-hybridized carbons (Fsp3) is 0.364. The van der Waals surface area contributed by atoms with Gasteiger partial charge in [-0.15, -0.1) is 0 Å². The molecule has 21 heavy (non-hydrogen) atoms. The first-order valence-electron chi connectivity index (χ1n) is 5.39. The normalized spacial score (nSPS) is 14.4. The Morgan fingerprint density at radius 2 is 1.95 bits per heavy atom. The number of alkyl halides is 3. The van der Waals surface area contributed by atoms with Gasteiger partial charge in [0.05, 0.1) is 23.2 Å². The van der Waals surface area contributed by atoms with Crippen LogP contribution in [0.1, 0.15) is 17.2 Å². The second kappa shape index (κ2) is 6.06. The molecule has 0 aliphatic carbocycles. The van der Waals surface area contributed by atoms with E-state index in [2.05, 4.69) is 4.74 Å². The Hall–Kier alpha value is -2.20. The average Bonchev–Trinajstić information content (AvgIpc) is 2.43. The SMILES string of the molecule is COC(=O)C(O)C(O)c1ccc(C(F)(F)F)cc1[N+](=O)[O-]. The lowest BCUT2D eigenvalue weighted by Gasteiger charge is -2.17. The maximum Gasteiger partial charge on any atom is 0.416 e. The van der Waals surface area contributed by atoms with Crippen LogP contribution in [0.15, 0.2) is 18.2 Å². The molecule has 0 heterocycles. The number of nitrogens with zero attached hydrogens (tertiary/aromatic N) is 1. The van der Waals surface area contributed by atoms with Crippen molar-refractivity contribution in [3.63, 3.8) is 0 Å². The maximum absolute atomic E-state index is 12.5. The molecule has 0 bridgehead atoms. The molecule has 2 unspecified atom stereocenters. The van der Waals surface area contributed by atoms with Crippen molar-refractivity contribution in [1.29, 1.82) is 0 Å². The van der Waals surface area contributed by atoms with Gasteiger partial charge in [0.2, 0.25) is 0 Å². The standard InChI is InChI=1S/C11H10F3NO6/c1-21-10(18)9(17)8(16)6-3-2-5(11(12,13)14)4-7(6)15(19)20/h2-4,8-9,16-17H,1H3. The van der Waals surface area contributed by atoms with Crippen LogP contribution in [-0.4, -0.2) is 34.3 Å². The summed E-state index contributed by atoms with van der Waals surface area (Å²) in [5.41, 5.74) is -3.00. The van der Waals surface area contributed by atoms with Gasteiger partial charge >= 0.3 is 12.1 Å². The molecule has 0 aliphatic rings. The van der Waals surface area contributed by atoms with Gasteiger partial charge in [-0.05, 0) is 12.1 Å². The Bertz CT molecular complexity index is 559. The summed E-state index contributed by atoms with van der Waals surface area (Å²) in [6.45, 7) is 0. The van der Waals surface area contributed by atoms with Gasteiger partial charge in [-0.25, -0.2) is 4.79 Å². The van der Waals surface area contributed by atoms with Crippen molar-refractivity contribution in [2.75, 3.05) is 7.11 Å². The summed E-state index contributed by atoms with van der Waals surface area (Å²) in [5, 5.41) is 29.9. The molecule has 0 saturated heterocycles. The number of methoxy groups -OCH3 is 1. The lowest BCUT2D eigenvalue weighted by atomic mass is 10.00. The molecular weight excluding hydrogens is 299 g/mol. The molecule has 0 spiro atoms. The number of rotatable bonds is 4. The first-order valence-corrected chi connectivity index (χ1v) is 5.39. The Morgan fingerprint density at radius 1 is 1.38 bits per heavy atom. The molecule has 0 aromatic heterocycles. The zero-order chi connectivity index (χ0) is 16.4. The molecule has 2 atom stereocenters. The molecule has 116 valence electrons. The molecule has 0 radical (unpaired) electrons. The van der Waals surface area contributed by atoms with E-state index >= 15 is 0 Å². The summed E-state index contributed by atoms with van der Waals surface area (Å²) in [7, 11) is 0.902. The minimum absolute atomic E-state index is 0.211. The van der Waals surface area contributed by atoms with Crippen molar-refractivity contribution in [2.24, 2.45) is 0 Å². The Balaban J connectivity index is 3.30. The average molecular weight is 309 g/mol. The van der Waals surface area contributed by atoms with Crippen LogP contribution < -0.4 is 0 Å². The van der Waals surface area contributed by atoms with Crippen LogP contribution in [0.5, 0.6) is 0 Å². The fourth-order valence-electron chi connectivity index (χ4n) is 1.55. The van der Waals surface area contributed by atoms with E-state index in [4.69, 9.17) is 0 Å². The highest BCUT2D eigenvalue weighted by atomic mass is 19.4. The van der Waals surface area contributed by atoms with E-state index in [1.54, 1.807) is 0 Å². The summed E-state index contributed by atoms with van der Waals surface area (Å²) in [5.74, 6) is -1.28. The highest BCUT2D eigenvalue weighted by molar-refractivity contribution is 5.75. The molecular formula is C11H10F3NO6. The van der Waals surface area contributed by atoms with Gasteiger partial charge in [0, 0.05) is 6.07 Å². The molecule has 0 saturated carbocycles. The minimum Gasteiger partial charge on any atom is -0.467 e. The fourth-order valence-corrected chi connectivity index (χ4v) is 1.55. The largest absolute Gasteiger partial charge is 0.467 e. The highest BCUT2D eigenvalue weighted by Gasteiger charge is 2.36. The number of halogens is 3. The number of carbonyl (C=O) groups is 1. The summed E-state index contributed by atoms with van der Waals surface area (Å²) in [6, 6.07) is 1.33. The second-order valence-electron chi connectivity index (χ2n) is 3.94. The summed E-state index contributed by atoms with van der Waals surface area (Å²) in [6.07, 6.45) is -9.07. The quantitative estimate of drug-likeness (QED) is 0.491. The molecule has 10 heteroatoms. The van der Waals surface area contributed by atoms with E-state index in [0.29, 0.717) is 12.1 Å². The van der Waals surface area contributed by atoms with Crippen molar-refractivity contribution < 1.29 is 37.8 Å². The van der Waals surface area contributed by atoms with Crippen molar-refractivity contribution in [3.05, 3.63) is 39.4 Å². The van der Waals surface area contributed by atoms with Gasteiger partial charge in [-0.2, -0.15) is 13.2 Å². The molecule has 1 aromatic carbocycles. The molecule has 0 amide bonds. The predicted molar refractivity (Wildman–Crippen MR) is 61.1 cm³/mol. The topological polar surface area (TPSA) is 110 Å². The first kappa shape index (κ1) is 16.9. The van der Waals surface area contributed by atoms with E-state index < -0.39 is 46.1 Å². The minimum atomic E-state index is -4.81. The van der Waals surface area contributed by atoms with Crippen molar-refractivity contribution in [2.45, 2.75) is 18.4 Å². The Labute approximate surface area is 115 Å². The van der Waals surface area contributed by atoms with E-state index in [9.17, 15) is 38.3 Å². The summed E-state index contributed by atoms with van der Waals surface area (Å²) in [4.78, 5) is 20.7. The van der Waals surface area contributed by atoms with Crippen molar-refractivity contribution in [1.82, 2.24) is 0 Å². The monoisotopic (exact) mass is 309 g/mol. The zero-order valence-corrected chi connectivity index (χ0v) is 10.5. The van der Waals surface area contributed by atoms with Crippen LogP contribution >= 0.6 is 0 Å². The molecule has 0 fully saturated rings. The number of ether oxygens (including phenoxy) is 1. The second-order valence-corrected chi connectivity index (χ2v) is 3.94. The molecule has 2 N–H and O–H groups in total. The number of nitro groups is 1. The van der Waals surface area contributed by atoms with Crippen molar-refractivity contribution >= 4 is 11.7 Å². The number of aliphatic hydroxyl groups excluding tert-OH is 2. The van der Waals surface area contributed by atoms with Crippen LogP contribution in [0.2, 0.25) is 0 Å².